The summed E-state index contributed by atoms with van der Waals surface area (Å²) in [5.74, 6) is 0.124. The molecule has 60 heavy (non-hydrogen) atoms. The fraction of sp³-hybridized carbons (Fsp3) is 0.511. The van der Waals surface area contributed by atoms with Gasteiger partial charge in [-0.2, -0.15) is 4.68 Å². The molecule has 0 saturated carbocycles. The van der Waals surface area contributed by atoms with Gasteiger partial charge < -0.3 is 19.4 Å². The van der Waals surface area contributed by atoms with Crippen LogP contribution in [0.3, 0.4) is 0 Å². The van der Waals surface area contributed by atoms with Gasteiger partial charge in [0.15, 0.2) is 6.61 Å². The van der Waals surface area contributed by atoms with Crippen molar-refractivity contribution in [2.75, 3.05) is 84.5 Å². The van der Waals surface area contributed by atoms with Crippen LogP contribution in [0.25, 0.3) is 10.9 Å². The van der Waals surface area contributed by atoms with Crippen molar-refractivity contribution < 1.29 is 23.5 Å². The maximum Gasteiger partial charge on any atom is 0.278 e. The first-order valence-corrected chi connectivity index (χ1v) is 21.5. The summed E-state index contributed by atoms with van der Waals surface area (Å²) < 4.78 is 21.8. The van der Waals surface area contributed by atoms with E-state index in [1.165, 1.54) is 22.9 Å². The second kappa shape index (κ2) is 17.0. The minimum Gasteiger partial charge on any atom is -0.484 e. The molecule has 1 aliphatic carbocycles. The summed E-state index contributed by atoms with van der Waals surface area (Å²) >= 11 is 0. The van der Waals surface area contributed by atoms with Crippen LogP contribution in [0.2, 0.25) is 0 Å². The lowest BCUT2D eigenvalue weighted by Crippen LogP contribution is -2.49. The number of rotatable bonds is 10. The van der Waals surface area contributed by atoms with E-state index in [0.717, 1.165) is 81.7 Å². The molecule has 3 amide bonds. The Bertz CT molecular complexity index is 2300. The zero-order valence-corrected chi connectivity index (χ0v) is 34.5. The molecule has 3 aromatic carbocycles. The Kier molecular flexibility index (Phi) is 11.4. The summed E-state index contributed by atoms with van der Waals surface area (Å²) in [5.41, 5.74) is 4.52. The number of benzene rings is 3. The summed E-state index contributed by atoms with van der Waals surface area (Å²) in [6, 6.07) is 19.1. The van der Waals surface area contributed by atoms with Gasteiger partial charge in [0.2, 0.25) is 5.91 Å². The van der Waals surface area contributed by atoms with Gasteiger partial charge in [0.05, 0.1) is 5.39 Å². The van der Waals surface area contributed by atoms with Gasteiger partial charge in [-0.15, -0.1) is 5.10 Å². The molecule has 0 bridgehead atoms. The van der Waals surface area contributed by atoms with Crippen molar-refractivity contribution in [2.45, 2.75) is 62.6 Å². The zero-order valence-electron chi connectivity index (χ0n) is 34.5. The number of anilines is 1. The van der Waals surface area contributed by atoms with E-state index in [4.69, 9.17) is 4.74 Å². The molecule has 14 nitrogen and oxygen atoms in total. The molecule has 4 saturated heterocycles. The number of hydrogen-bond donors (Lipinski definition) is 1. The topological polar surface area (TPSA) is 136 Å². The largest absolute Gasteiger partial charge is 0.484 e. The molecule has 4 aliphatic heterocycles. The number of fused-ring (bicyclic) bond motifs is 2. The third kappa shape index (κ3) is 8.14. The number of amides is 3. The van der Waals surface area contributed by atoms with E-state index in [-0.39, 0.29) is 48.5 Å². The molecule has 5 heterocycles. The number of ether oxygens (including phenoxy) is 1. The van der Waals surface area contributed by atoms with E-state index in [1.54, 1.807) is 18.2 Å². The Hall–Kier alpha value is -5.25. The molecule has 1 N–H and O–H groups in total. The Morgan fingerprint density at radius 2 is 1.65 bits per heavy atom. The number of imide groups is 1. The highest BCUT2D eigenvalue weighted by atomic mass is 19.1. The van der Waals surface area contributed by atoms with Crippen LogP contribution in [-0.2, 0) is 20.8 Å². The van der Waals surface area contributed by atoms with E-state index in [0.29, 0.717) is 42.2 Å². The first-order valence-electron chi connectivity index (χ1n) is 21.5. The number of likely N-dealkylation sites (N-methyl/N-ethyl adjacent to an activating group) is 1. The summed E-state index contributed by atoms with van der Waals surface area (Å²) in [5, 5.41) is 10.5. The van der Waals surface area contributed by atoms with Gasteiger partial charge in [0, 0.05) is 94.6 Å². The SMILES string of the molecule is CN(C)[C@H]1CN(C2CCc3cccc(F)c32)C[C@@H]1c1ccc(N2CCN(CC3CCN(C(=O)COc4ccc5nnn(C6CCC(=O)NC6=O)c(=O)c5c4)CC3)CC2)cc1. The monoisotopic (exact) mass is 819 g/mol. The molecule has 15 heteroatoms. The Balaban J connectivity index is 0.725. The van der Waals surface area contributed by atoms with Crippen molar-refractivity contribution in [3.8, 4) is 5.75 Å². The van der Waals surface area contributed by atoms with Crippen LogP contribution in [0.1, 0.15) is 66.8 Å². The second-order valence-corrected chi connectivity index (χ2v) is 17.4. The van der Waals surface area contributed by atoms with Crippen LogP contribution in [0.15, 0.2) is 65.5 Å². The highest BCUT2D eigenvalue weighted by Gasteiger charge is 2.41. The van der Waals surface area contributed by atoms with E-state index < -0.39 is 17.5 Å². The van der Waals surface area contributed by atoms with Gasteiger partial charge in [0.25, 0.3) is 17.4 Å². The summed E-state index contributed by atoms with van der Waals surface area (Å²) in [6.45, 7) is 8.08. The van der Waals surface area contributed by atoms with E-state index in [1.807, 2.05) is 11.0 Å². The quantitative estimate of drug-likeness (QED) is 0.236. The Morgan fingerprint density at radius 3 is 2.40 bits per heavy atom. The maximum absolute atomic E-state index is 15.0. The highest BCUT2D eigenvalue weighted by molar-refractivity contribution is 5.99. The fourth-order valence-corrected chi connectivity index (χ4v) is 10.2. The molecule has 316 valence electrons. The minimum atomic E-state index is -0.919. The van der Waals surface area contributed by atoms with Crippen molar-refractivity contribution in [3.63, 3.8) is 0 Å². The first-order chi connectivity index (χ1) is 29.1. The number of aryl methyl sites for hydroxylation is 1. The van der Waals surface area contributed by atoms with E-state index in [9.17, 15) is 23.6 Å². The predicted molar refractivity (Wildman–Crippen MR) is 224 cm³/mol. The van der Waals surface area contributed by atoms with Gasteiger partial charge in [0.1, 0.15) is 23.1 Å². The van der Waals surface area contributed by atoms with E-state index in [2.05, 4.69) is 79.7 Å². The van der Waals surface area contributed by atoms with Gasteiger partial charge in [-0.3, -0.25) is 34.3 Å². The predicted octanol–water partition coefficient (Wildman–Crippen LogP) is 3.36. The average molecular weight is 820 g/mol. The van der Waals surface area contributed by atoms with Crippen molar-refractivity contribution in [1.29, 1.82) is 0 Å². The number of likely N-dealkylation sites (tertiary alicyclic amines) is 2. The lowest BCUT2D eigenvalue weighted by atomic mass is 9.93. The molecule has 0 spiro atoms. The van der Waals surface area contributed by atoms with Crippen LogP contribution in [0.4, 0.5) is 10.1 Å². The number of halogens is 1. The van der Waals surface area contributed by atoms with Gasteiger partial charge >= 0.3 is 0 Å². The van der Waals surface area contributed by atoms with Crippen molar-refractivity contribution >= 4 is 34.3 Å². The number of nitrogens with one attached hydrogen (secondary N) is 1. The number of piperidine rings is 2. The number of piperazine rings is 1. The molecule has 1 aromatic heterocycles. The Labute approximate surface area is 349 Å². The third-order valence-corrected chi connectivity index (χ3v) is 13.7. The Morgan fingerprint density at radius 1 is 0.883 bits per heavy atom. The molecule has 5 aliphatic rings. The summed E-state index contributed by atoms with van der Waals surface area (Å²) in [7, 11) is 4.33. The lowest BCUT2D eigenvalue weighted by molar-refractivity contribution is -0.136. The number of hydrogen-bond acceptors (Lipinski definition) is 11. The van der Waals surface area contributed by atoms with Crippen LogP contribution < -0.4 is 20.5 Å². The zero-order chi connectivity index (χ0) is 41.5. The van der Waals surface area contributed by atoms with Crippen molar-refractivity contribution in [3.05, 3.63) is 93.5 Å². The molecular weight excluding hydrogens is 766 g/mol. The second-order valence-electron chi connectivity index (χ2n) is 17.4. The third-order valence-electron chi connectivity index (χ3n) is 13.7. The molecule has 9 rings (SSSR count). The van der Waals surface area contributed by atoms with Crippen molar-refractivity contribution in [2.24, 2.45) is 5.92 Å². The van der Waals surface area contributed by atoms with Crippen molar-refractivity contribution in [1.82, 2.24) is 39.9 Å². The number of carbonyl (C=O) groups excluding carboxylic acids is 3. The van der Waals surface area contributed by atoms with Gasteiger partial charge in [-0.1, -0.05) is 29.5 Å². The smallest absolute Gasteiger partial charge is 0.278 e. The highest BCUT2D eigenvalue weighted by Crippen LogP contribution is 2.42. The minimum absolute atomic E-state index is 0.0615. The molecule has 4 atom stereocenters. The van der Waals surface area contributed by atoms with Crippen LogP contribution in [-0.4, -0.2) is 138 Å². The fourth-order valence-electron chi connectivity index (χ4n) is 10.2. The standard InChI is InChI=1S/C45H54FN9O5/c1-50(2)40-27-54(38-13-8-31-4-3-5-36(46)43(31)38)26-35(40)30-6-9-32(10-7-30)52-22-20-51(21-23-52)25-29-16-18-53(19-17-29)42(57)28-60-33-11-12-37-34(24-33)45(59)55(49-48-37)39-14-15-41(56)47-44(39)58/h3-7,9-12,24,29,35,38-40H,8,13-23,25-28H2,1-2H3,(H,47,56,58)/t35-,38?,39?,40+/m1/s1. The molecule has 2 unspecified atom stereocenters. The molecule has 4 aromatic rings. The molecule has 0 radical (unpaired) electrons. The number of carbonyl (C=O) groups is 3. The normalized spacial score (nSPS) is 24.3. The summed E-state index contributed by atoms with van der Waals surface area (Å²) in [6.07, 6.45) is 4.09. The van der Waals surface area contributed by atoms with Gasteiger partial charge in [-0.25, -0.2) is 4.39 Å². The van der Waals surface area contributed by atoms with Crippen LogP contribution in [0.5, 0.6) is 5.75 Å². The van der Waals surface area contributed by atoms with Crippen LogP contribution in [0, 0.1) is 11.7 Å². The van der Waals surface area contributed by atoms with E-state index >= 15 is 0 Å². The number of nitrogens with zero attached hydrogens (tertiary/aromatic N) is 8. The number of aromatic nitrogens is 3. The summed E-state index contributed by atoms with van der Waals surface area (Å²) in [4.78, 5) is 62.1. The lowest BCUT2D eigenvalue weighted by Gasteiger charge is -2.39. The van der Waals surface area contributed by atoms with Crippen LogP contribution >= 0.6 is 0 Å². The first kappa shape index (κ1) is 40.2. The molecular formula is C45H54FN9O5. The van der Waals surface area contributed by atoms with Gasteiger partial charge in [-0.05, 0) is 99.6 Å². The average Bonchev–Trinajstić information content (AvgIpc) is 3.91. The maximum atomic E-state index is 15.0. The molecule has 4 fully saturated rings.